The van der Waals surface area contributed by atoms with Crippen LogP contribution in [0.5, 0.6) is 11.5 Å². The van der Waals surface area contributed by atoms with Gasteiger partial charge in [-0.15, -0.1) is 0 Å². The SMILES string of the molecule is COc1ccc(O[C@H](C)C(=O)N[C@H](C)c2ccccc2)cc1. The van der Waals surface area contributed by atoms with Crippen molar-refractivity contribution in [3.63, 3.8) is 0 Å². The summed E-state index contributed by atoms with van der Waals surface area (Å²) < 4.78 is 10.7. The molecule has 116 valence electrons. The monoisotopic (exact) mass is 299 g/mol. The fourth-order valence-corrected chi connectivity index (χ4v) is 2.07. The first-order valence-electron chi connectivity index (χ1n) is 7.26. The van der Waals surface area contributed by atoms with Crippen molar-refractivity contribution in [2.45, 2.75) is 26.0 Å². The van der Waals surface area contributed by atoms with E-state index in [0.717, 1.165) is 11.3 Å². The van der Waals surface area contributed by atoms with Gasteiger partial charge >= 0.3 is 0 Å². The molecule has 0 bridgehead atoms. The van der Waals surface area contributed by atoms with Crippen LogP contribution in [-0.4, -0.2) is 19.1 Å². The summed E-state index contributed by atoms with van der Waals surface area (Å²) in [6, 6.07) is 16.9. The molecule has 0 fully saturated rings. The van der Waals surface area contributed by atoms with Crippen LogP contribution in [0.4, 0.5) is 0 Å². The molecule has 0 heterocycles. The smallest absolute Gasteiger partial charge is 0.261 e. The average molecular weight is 299 g/mol. The highest BCUT2D eigenvalue weighted by atomic mass is 16.5. The maximum absolute atomic E-state index is 12.2. The maximum atomic E-state index is 12.2. The van der Waals surface area contributed by atoms with Gasteiger partial charge in [0.2, 0.25) is 0 Å². The molecule has 1 N–H and O–H groups in total. The number of carbonyl (C=O) groups is 1. The molecule has 0 radical (unpaired) electrons. The molecule has 2 rings (SSSR count). The van der Waals surface area contributed by atoms with Crippen molar-refractivity contribution in [3.05, 3.63) is 60.2 Å². The Morgan fingerprint density at radius 1 is 0.955 bits per heavy atom. The summed E-state index contributed by atoms with van der Waals surface area (Å²) in [5.41, 5.74) is 1.06. The van der Waals surface area contributed by atoms with E-state index in [9.17, 15) is 4.79 Å². The van der Waals surface area contributed by atoms with E-state index in [1.807, 2.05) is 37.3 Å². The summed E-state index contributed by atoms with van der Waals surface area (Å²) in [7, 11) is 1.61. The van der Waals surface area contributed by atoms with E-state index in [4.69, 9.17) is 9.47 Å². The standard InChI is InChI=1S/C18H21NO3/c1-13(15-7-5-4-6-8-15)19-18(20)14(2)22-17-11-9-16(21-3)10-12-17/h4-14H,1-3H3,(H,19,20)/t13-,14-/m1/s1. The molecule has 2 aromatic rings. The first kappa shape index (κ1) is 15.9. The highest BCUT2D eigenvalue weighted by Crippen LogP contribution is 2.18. The quantitative estimate of drug-likeness (QED) is 0.890. The Hall–Kier alpha value is -2.49. The second-order valence-corrected chi connectivity index (χ2v) is 5.08. The minimum Gasteiger partial charge on any atom is -0.497 e. The lowest BCUT2D eigenvalue weighted by Crippen LogP contribution is -2.37. The van der Waals surface area contributed by atoms with Crippen LogP contribution in [0, 0.1) is 0 Å². The minimum absolute atomic E-state index is 0.0596. The molecule has 1 amide bonds. The van der Waals surface area contributed by atoms with Gasteiger partial charge in [-0.25, -0.2) is 0 Å². The van der Waals surface area contributed by atoms with Crippen molar-refractivity contribution in [2.75, 3.05) is 7.11 Å². The van der Waals surface area contributed by atoms with Crippen molar-refractivity contribution in [3.8, 4) is 11.5 Å². The first-order chi connectivity index (χ1) is 10.6. The molecule has 0 aliphatic heterocycles. The predicted molar refractivity (Wildman–Crippen MR) is 86.1 cm³/mol. The van der Waals surface area contributed by atoms with Gasteiger partial charge in [-0.1, -0.05) is 30.3 Å². The van der Waals surface area contributed by atoms with Crippen molar-refractivity contribution < 1.29 is 14.3 Å². The molecule has 22 heavy (non-hydrogen) atoms. The zero-order chi connectivity index (χ0) is 15.9. The average Bonchev–Trinajstić information content (AvgIpc) is 2.56. The molecule has 0 aliphatic carbocycles. The molecule has 4 nitrogen and oxygen atoms in total. The van der Waals surface area contributed by atoms with Crippen molar-refractivity contribution in [1.82, 2.24) is 5.32 Å². The Balaban J connectivity index is 1.91. The summed E-state index contributed by atoms with van der Waals surface area (Å²) in [4.78, 5) is 12.2. The van der Waals surface area contributed by atoms with E-state index < -0.39 is 6.10 Å². The summed E-state index contributed by atoms with van der Waals surface area (Å²) >= 11 is 0. The van der Waals surface area contributed by atoms with Crippen LogP contribution in [0.3, 0.4) is 0 Å². The molecular weight excluding hydrogens is 278 g/mol. The fraction of sp³-hybridized carbons (Fsp3) is 0.278. The predicted octanol–water partition coefficient (Wildman–Crippen LogP) is 3.34. The number of methoxy groups -OCH3 is 1. The number of carbonyl (C=O) groups excluding carboxylic acids is 1. The second kappa shape index (κ2) is 7.50. The third-order valence-electron chi connectivity index (χ3n) is 3.40. The highest BCUT2D eigenvalue weighted by molar-refractivity contribution is 5.81. The van der Waals surface area contributed by atoms with Gasteiger partial charge in [0.05, 0.1) is 13.2 Å². The van der Waals surface area contributed by atoms with E-state index >= 15 is 0 Å². The lowest BCUT2D eigenvalue weighted by atomic mass is 10.1. The number of ether oxygens (including phenoxy) is 2. The highest BCUT2D eigenvalue weighted by Gasteiger charge is 2.17. The zero-order valence-corrected chi connectivity index (χ0v) is 13.1. The number of rotatable bonds is 6. The van der Waals surface area contributed by atoms with Gasteiger partial charge in [-0.3, -0.25) is 4.79 Å². The molecule has 0 spiro atoms. The third-order valence-corrected chi connectivity index (χ3v) is 3.40. The summed E-state index contributed by atoms with van der Waals surface area (Å²) in [6.07, 6.45) is -0.570. The van der Waals surface area contributed by atoms with Crippen molar-refractivity contribution in [2.24, 2.45) is 0 Å². The molecule has 0 saturated heterocycles. The molecule has 0 saturated carbocycles. The molecule has 0 aliphatic rings. The fourth-order valence-electron chi connectivity index (χ4n) is 2.07. The Morgan fingerprint density at radius 2 is 1.55 bits per heavy atom. The topological polar surface area (TPSA) is 47.6 Å². The van der Waals surface area contributed by atoms with E-state index in [1.54, 1.807) is 38.3 Å². The van der Waals surface area contributed by atoms with Gasteiger partial charge in [0.15, 0.2) is 6.10 Å². The van der Waals surface area contributed by atoms with Crippen molar-refractivity contribution >= 4 is 5.91 Å². The van der Waals surface area contributed by atoms with Crippen LogP contribution in [0.25, 0.3) is 0 Å². The largest absolute Gasteiger partial charge is 0.497 e. The molecule has 0 aromatic heterocycles. The lowest BCUT2D eigenvalue weighted by molar-refractivity contribution is -0.127. The van der Waals surface area contributed by atoms with Crippen LogP contribution in [-0.2, 0) is 4.79 Å². The number of benzene rings is 2. The first-order valence-corrected chi connectivity index (χ1v) is 7.26. The van der Waals surface area contributed by atoms with Gasteiger partial charge in [0.1, 0.15) is 11.5 Å². The summed E-state index contributed by atoms with van der Waals surface area (Å²) in [5, 5.41) is 2.95. The van der Waals surface area contributed by atoms with Crippen LogP contribution < -0.4 is 14.8 Å². The molecule has 2 aromatic carbocycles. The van der Waals surface area contributed by atoms with Gasteiger partial charge in [-0.05, 0) is 43.7 Å². The normalized spacial score (nSPS) is 13.0. The number of hydrogen-bond acceptors (Lipinski definition) is 3. The molecule has 4 heteroatoms. The van der Waals surface area contributed by atoms with Crippen LogP contribution >= 0.6 is 0 Å². The Morgan fingerprint density at radius 3 is 2.14 bits per heavy atom. The maximum Gasteiger partial charge on any atom is 0.261 e. The zero-order valence-electron chi connectivity index (χ0n) is 13.1. The molecular formula is C18H21NO3. The van der Waals surface area contributed by atoms with E-state index in [-0.39, 0.29) is 11.9 Å². The number of hydrogen-bond donors (Lipinski definition) is 1. The van der Waals surface area contributed by atoms with Crippen LogP contribution in [0.1, 0.15) is 25.5 Å². The Bertz CT molecular complexity index is 595. The van der Waals surface area contributed by atoms with Gasteiger partial charge in [-0.2, -0.15) is 0 Å². The minimum atomic E-state index is -0.570. The van der Waals surface area contributed by atoms with Crippen LogP contribution in [0.2, 0.25) is 0 Å². The van der Waals surface area contributed by atoms with E-state index in [0.29, 0.717) is 5.75 Å². The number of nitrogens with one attached hydrogen (secondary N) is 1. The van der Waals surface area contributed by atoms with Gasteiger partial charge in [0.25, 0.3) is 5.91 Å². The second-order valence-electron chi connectivity index (χ2n) is 5.08. The van der Waals surface area contributed by atoms with E-state index in [1.165, 1.54) is 0 Å². The lowest BCUT2D eigenvalue weighted by Gasteiger charge is -2.19. The van der Waals surface area contributed by atoms with Crippen molar-refractivity contribution in [1.29, 1.82) is 0 Å². The third kappa shape index (κ3) is 4.25. The summed E-state index contributed by atoms with van der Waals surface area (Å²) in [5.74, 6) is 1.24. The van der Waals surface area contributed by atoms with Gasteiger partial charge in [0, 0.05) is 0 Å². The van der Waals surface area contributed by atoms with E-state index in [2.05, 4.69) is 5.32 Å². The van der Waals surface area contributed by atoms with Gasteiger partial charge < -0.3 is 14.8 Å². The molecule has 2 atom stereocenters. The molecule has 0 unspecified atom stereocenters. The number of amides is 1. The summed E-state index contributed by atoms with van der Waals surface area (Å²) in [6.45, 7) is 3.69. The Kier molecular flexibility index (Phi) is 5.42. The Labute approximate surface area is 131 Å². The van der Waals surface area contributed by atoms with Crippen LogP contribution in [0.15, 0.2) is 54.6 Å².